The van der Waals surface area contributed by atoms with Gasteiger partial charge >= 0.3 is 0 Å². The molecule has 1 aliphatic carbocycles. The van der Waals surface area contributed by atoms with Gasteiger partial charge in [0.15, 0.2) is 0 Å². The summed E-state index contributed by atoms with van der Waals surface area (Å²) in [7, 11) is 2.00. The van der Waals surface area contributed by atoms with E-state index < -0.39 is 0 Å². The van der Waals surface area contributed by atoms with Crippen LogP contribution >= 0.6 is 0 Å². The Morgan fingerprint density at radius 1 is 1.26 bits per heavy atom. The third-order valence-electron chi connectivity index (χ3n) is 4.52. The molecule has 0 bridgehead atoms. The maximum absolute atomic E-state index is 12.2. The smallest absolute Gasteiger partial charge is 0.222 e. The average Bonchev–Trinajstić information content (AvgIpc) is 2.37. The van der Waals surface area contributed by atoms with Gasteiger partial charge in [-0.25, -0.2) is 0 Å². The molecule has 4 heteroatoms. The maximum Gasteiger partial charge on any atom is 0.222 e. The molecule has 4 nitrogen and oxygen atoms in total. The topological polar surface area (TPSA) is 41.6 Å². The maximum atomic E-state index is 12.2. The molecule has 1 saturated heterocycles. The molecule has 0 unspecified atom stereocenters. The molecule has 1 saturated carbocycles. The van der Waals surface area contributed by atoms with Crippen molar-refractivity contribution < 1.29 is 9.53 Å². The second-order valence-corrected chi connectivity index (χ2v) is 6.00. The minimum atomic E-state index is 0.364. The van der Waals surface area contributed by atoms with Crippen LogP contribution in [0.3, 0.4) is 0 Å². The van der Waals surface area contributed by atoms with Gasteiger partial charge in [0.2, 0.25) is 5.91 Å². The Morgan fingerprint density at radius 2 is 1.95 bits per heavy atom. The van der Waals surface area contributed by atoms with Crippen LogP contribution in [0.5, 0.6) is 0 Å². The van der Waals surface area contributed by atoms with Crippen LogP contribution in [0.1, 0.15) is 39.0 Å². The van der Waals surface area contributed by atoms with E-state index in [9.17, 15) is 4.79 Å². The van der Waals surface area contributed by atoms with Gasteiger partial charge in [0.05, 0.1) is 6.10 Å². The van der Waals surface area contributed by atoms with Gasteiger partial charge in [0, 0.05) is 26.1 Å². The van der Waals surface area contributed by atoms with Crippen molar-refractivity contribution in [3.05, 3.63) is 0 Å². The van der Waals surface area contributed by atoms with E-state index in [1.54, 1.807) is 0 Å². The summed E-state index contributed by atoms with van der Waals surface area (Å²) < 4.78 is 5.54. The molecule has 1 heterocycles. The van der Waals surface area contributed by atoms with Crippen LogP contribution in [0.15, 0.2) is 0 Å². The highest BCUT2D eigenvalue weighted by atomic mass is 16.5. The molecule has 1 N–H and O–H groups in total. The quantitative estimate of drug-likeness (QED) is 0.796. The zero-order valence-corrected chi connectivity index (χ0v) is 12.4. The van der Waals surface area contributed by atoms with E-state index in [0.717, 1.165) is 64.3 Å². The molecule has 1 amide bonds. The first kappa shape index (κ1) is 14.8. The molecular weight excluding hydrogens is 240 g/mol. The predicted octanol–water partition coefficient (Wildman–Crippen LogP) is 1.65. The van der Waals surface area contributed by atoms with Crippen LogP contribution in [0.4, 0.5) is 0 Å². The number of ether oxygens (including phenoxy) is 1. The number of hydrogen-bond donors (Lipinski definition) is 1. The molecular formula is C15H28N2O2. The zero-order chi connectivity index (χ0) is 13.7. The highest BCUT2D eigenvalue weighted by Crippen LogP contribution is 2.33. The molecule has 0 aromatic rings. The van der Waals surface area contributed by atoms with Gasteiger partial charge in [-0.15, -0.1) is 0 Å². The van der Waals surface area contributed by atoms with E-state index in [1.807, 2.05) is 14.0 Å². The second kappa shape index (κ2) is 7.25. The summed E-state index contributed by atoms with van der Waals surface area (Å²) >= 11 is 0. The Labute approximate surface area is 116 Å². The number of rotatable bonds is 6. The monoisotopic (exact) mass is 268 g/mol. The van der Waals surface area contributed by atoms with Crippen molar-refractivity contribution >= 4 is 5.91 Å². The molecule has 0 atom stereocenters. The van der Waals surface area contributed by atoms with Gasteiger partial charge in [0.1, 0.15) is 0 Å². The lowest BCUT2D eigenvalue weighted by Gasteiger charge is -2.37. The predicted molar refractivity (Wildman–Crippen MR) is 76.0 cm³/mol. The molecule has 0 aromatic heterocycles. The van der Waals surface area contributed by atoms with Gasteiger partial charge in [-0.1, -0.05) is 0 Å². The van der Waals surface area contributed by atoms with Crippen LogP contribution in [-0.4, -0.2) is 50.2 Å². The lowest BCUT2D eigenvalue weighted by Crippen LogP contribution is -2.42. The fourth-order valence-corrected chi connectivity index (χ4v) is 3.26. The largest absolute Gasteiger partial charge is 0.378 e. The van der Waals surface area contributed by atoms with Crippen LogP contribution in [-0.2, 0) is 9.53 Å². The van der Waals surface area contributed by atoms with E-state index in [2.05, 4.69) is 10.2 Å². The highest BCUT2D eigenvalue weighted by Gasteiger charge is 2.33. The number of piperidine rings is 1. The molecule has 110 valence electrons. The van der Waals surface area contributed by atoms with Crippen LogP contribution < -0.4 is 5.32 Å². The highest BCUT2D eigenvalue weighted by molar-refractivity contribution is 5.76. The number of hydrogen-bond acceptors (Lipinski definition) is 3. The van der Waals surface area contributed by atoms with E-state index in [0.29, 0.717) is 17.9 Å². The van der Waals surface area contributed by atoms with Gasteiger partial charge in [-0.3, -0.25) is 4.79 Å². The third kappa shape index (κ3) is 4.18. The lowest BCUT2D eigenvalue weighted by atomic mass is 9.79. The van der Waals surface area contributed by atoms with Crippen molar-refractivity contribution in [2.24, 2.45) is 11.8 Å². The molecule has 2 rings (SSSR count). The van der Waals surface area contributed by atoms with Crippen molar-refractivity contribution in [2.45, 2.75) is 45.1 Å². The summed E-state index contributed by atoms with van der Waals surface area (Å²) in [4.78, 5) is 14.3. The molecule has 19 heavy (non-hydrogen) atoms. The Morgan fingerprint density at radius 3 is 2.53 bits per heavy atom. The van der Waals surface area contributed by atoms with Crippen LogP contribution in [0.25, 0.3) is 0 Å². The van der Waals surface area contributed by atoms with E-state index in [1.165, 1.54) is 0 Å². The lowest BCUT2D eigenvalue weighted by molar-refractivity contribution is -0.135. The first-order valence-corrected chi connectivity index (χ1v) is 7.76. The standard InChI is InChI=1S/C15H28N2O2/c1-3-19-14-8-13(9-14)10-15(18)17-6-4-12(5-7-17)11-16-2/h12-14,16H,3-11H2,1-2H3. The number of carbonyl (C=O) groups excluding carboxylic acids is 1. The van der Waals surface area contributed by atoms with Crippen molar-refractivity contribution in [1.82, 2.24) is 10.2 Å². The van der Waals surface area contributed by atoms with Gasteiger partial charge < -0.3 is 15.0 Å². The Kier molecular flexibility index (Phi) is 5.64. The van der Waals surface area contributed by atoms with E-state index in [-0.39, 0.29) is 0 Å². The fourth-order valence-electron chi connectivity index (χ4n) is 3.26. The summed E-state index contributed by atoms with van der Waals surface area (Å²) in [5.74, 6) is 1.68. The normalized spacial score (nSPS) is 28.2. The summed E-state index contributed by atoms with van der Waals surface area (Å²) in [6.45, 7) is 5.82. The minimum Gasteiger partial charge on any atom is -0.378 e. The first-order valence-electron chi connectivity index (χ1n) is 7.76. The third-order valence-corrected chi connectivity index (χ3v) is 4.52. The zero-order valence-electron chi connectivity index (χ0n) is 12.4. The fraction of sp³-hybridized carbons (Fsp3) is 0.933. The Balaban J connectivity index is 1.63. The molecule has 2 aliphatic rings. The summed E-state index contributed by atoms with van der Waals surface area (Å²) in [6.07, 6.45) is 5.62. The van der Waals surface area contributed by atoms with Gasteiger partial charge in [-0.2, -0.15) is 0 Å². The molecule has 2 fully saturated rings. The molecule has 0 spiro atoms. The van der Waals surface area contributed by atoms with Crippen molar-refractivity contribution in [3.63, 3.8) is 0 Å². The summed E-state index contributed by atoms with van der Waals surface area (Å²) in [5, 5.41) is 3.23. The van der Waals surface area contributed by atoms with Crippen LogP contribution in [0.2, 0.25) is 0 Å². The summed E-state index contributed by atoms with van der Waals surface area (Å²) in [6, 6.07) is 0. The van der Waals surface area contributed by atoms with E-state index >= 15 is 0 Å². The number of nitrogens with one attached hydrogen (secondary N) is 1. The van der Waals surface area contributed by atoms with Crippen LogP contribution in [0, 0.1) is 11.8 Å². The first-order chi connectivity index (χ1) is 9.22. The van der Waals surface area contributed by atoms with Crippen molar-refractivity contribution in [2.75, 3.05) is 33.3 Å². The summed E-state index contributed by atoms with van der Waals surface area (Å²) in [5.41, 5.74) is 0. The van der Waals surface area contributed by atoms with E-state index in [4.69, 9.17) is 4.74 Å². The number of likely N-dealkylation sites (tertiary alicyclic amines) is 1. The minimum absolute atomic E-state index is 0.364. The number of carbonyl (C=O) groups is 1. The molecule has 1 aliphatic heterocycles. The van der Waals surface area contributed by atoms with Gasteiger partial charge in [-0.05, 0) is 58.0 Å². The number of nitrogens with zero attached hydrogens (tertiary/aromatic N) is 1. The molecule has 0 aromatic carbocycles. The average molecular weight is 268 g/mol. The second-order valence-electron chi connectivity index (χ2n) is 6.00. The van der Waals surface area contributed by atoms with Gasteiger partial charge in [0.25, 0.3) is 0 Å². The number of amides is 1. The molecule has 0 radical (unpaired) electrons. The Hall–Kier alpha value is -0.610. The SMILES string of the molecule is CCOC1CC(CC(=O)N2CCC(CNC)CC2)C1. The van der Waals surface area contributed by atoms with Crippen molar-refractivity contribution in [3.8, 4) is 0 Å². The van der Waals surface area contributed by atoms with Crippen molar-refractivity contribution in [1.29, 1.82) is 0 Å². The Bertz CT molecular complexity index is 282.